The first kappa shape index (κ1) is 29.0. The molecule has 0 radical (unpaired) electrons. The molecule has 0 unspecified atom stereocenters. The van der Waals surface area contributed by atoms with Gasteiger partial charge in [-0.15, -0.1) is 0 Å². The van der Waals surface area contributed by atoms with Gasteiger partial charge < -0.3 is 23.7 Å². The molecule has 0 saturated carbocycles. The number of rotatable bonds is 10. The third kappa shape index (κ3) is 5.79. The third-order valence-corrected chi connectivity index (χ3v) is 8.67. The van der Waals surface area contributed by atoms with Gasteiger partial charge in [-0.3, -0.25) is 10.0 Å². The summed E-state index contributed by atoms with van der Waals surface area (Å²) in [6.07, 6.45) is 0.709. The molecule has 3 aromatic carbocycles. The third-order valence-electron chi connectivity index (χ3n) is 6.73. The number of carbonyl (C=O) groups excluding carboxylic acids is 1. The van der Waals surface area contributed by atoms with Crippen LogP contribution >= 0.6 is 0 Å². The van der Waals surface area contributed by atoms with Crippen molar-refractivity contribution in [2.24, 2.45) is 0 Å². The number of piperidine rings is 1. The van der Waals surface area contributed by atoms with Gasteiger partial charge in [0, 0.05) is 13.1 Å². The van der Waals surface area contributed by atoms with E-state index >= 15 is 0 Å². The summed E-state index contributed by atoms with van der Waals surface area (Å²) >= 11 is 0. The average Bonchev–Trinajstić information content (AvgIpc) is 3.00. The number of carbonyl (C=O) groups is 1. The highest BCUT2D eigenvalue weighted by atomic mass is 32.2. The Balaban J connectivity index is 1.45. The number of hydroxylamine groups is 1. The average molecular weight is 573 g/mol. The second-order valence-corrected chi connectivity index (χ2v) is 10.8. The Morgan fingerprint density at radius 1 is 0.825 bits per heavy atom. The van der Waals surface area contributed by atoms with E-state index in [1.54, 1.807) is 14.2 Å². The minimum atomic E-state index is -4.10. The zero-order valence-corrected chi connectivity index (χ0v) is 23.5. The van der Waals surface area contributed by atoms with E-state index in [0.717, 1.165) is 11.1 Å². The lowest BCUT2D eigenvalue weighted by Gasteiger charge is -2.32. The van der Waals surface area contributed by atoms with Crippen LogP contribution in [0.5, 0.6) is 28.7 Å². The predicted molar refractivity (Wildman–Crippen MR) is 146 cm³/mol. The fourth-order valence-corrected chi connectivity index (χ4v) is 6.31. The molecule has 1 fully saturated rings. The number of hydrogen-bond donors (Lipinski definition) is 2. The van der Waals surface area contributed by atoms with Crippen LogP contribution in [0, 0.1) is 0 Å². The maximum atomic E-state index is 13.5. The second kappa shape index (κ2) is 12.5. The van der Waals surface area contributed by atoms with Crippen LogP contribution in [-0.4, -0.2) is 71.5 Å². The highest BCUT2D eigenvalue weighted by Crippen LogP contribution is 2.37. The van der Waals surface area contributed by atoms with Crippen LogP contribution in [0.2, 0.25) is 0 Å². The Hall–Kier alpha value is -4.00. The van der Waals surface area contributed by atoms with Crippen molar-refractivity contribution in [2.45, 2.75) is 23.8 Å². The predicted octanol–water partition coefficient (Wildman–Crippen LogP) is 3.74. The van der Waals surface area contributed by atoms with E-state index in [1.165, 1.54) is 36.1 Å². The summed E-state index contributed by atoms with van der Waals surface area (Å²) in [7, 11) is 1.73. The number of nitrogens with zero attached hydrogens (tertiary/aromatic N) is 1. The van der Waals surface area contributed by atoms with E-state index < -0.39 is 15.9 Å². The zero-order chi connectivity index (χ0) is 28.9. The van der Waals surface area contributed by atoms with Crippen LogP contribution in [0.25, 0.3) is 11.1 Å². The quantitative estimate of drug-likeness (QED) is 0.275. The van der Waals surface area contributed by atoms with Crippen molar-refractivity contribution >= 4 is 15.9 Å². The first-order valence-corrected chi connectivity index (χ1v) is 13.9. The van der Waals surface area contributed by atoms with Gasteiger partial charge in [-0.1, -0.05) is 18.2 Å². The van der Waals surface area contributed by atoms with E-state index in [2.05, 4.69) is 0 Å². The Kier molecular flexibility index (Phi) is 9.03. The number of ether oxygens (including phenoxy) is 5. The zero-order valence-electron chi connectivity index (χ0n) is 22.7. The molecule has 0 spiro atoms. The summed E-state index contributed by atoms with van der Waals surface area (Å²) in [5.41, 5.74) is 3.10. The molecule has 1 aliphatic heterocycles. The van der Waals surface area contributed by atoms with Crippen LogP contribution in [-0.2, 0) is 10.0 Å². The Bertz CT molecular complexity index is 1450. The minimum Gasteiger partial charge on any atom is -0.493 e. The van der Waals surface area contributed by atoms with Gasteiger partial charge in [-0.2, -0.15) is 4.31 Å². The molecule has 2 N–H and O–H groups in total. The first-order chi connectivity index (χ1) is 19.3. The van der Waals surface area contributed by atoms with Gasteiger partial charge in [0.1, 0.15) is 17.4 Å². The molecule has 40 heavy (non-hydrogen) atoms. The lowest BCUT2D eigenvalue weighted by Crippen LogP contribution is -2.42. The second-order valence-electron chi connectivity index (χ2n) is 8.93. The van der Waals surface area contributed by atoms with Crippen molar-refractivity contribution in [1.82, 2.24) is 9.79 Å². The molecule has 0 aliphatic carbocycles. The van der Waals surface area contributed by atoms with Crippen LogP contribution in [0.15, 0.2) is 59.5 Å². The number of nitrogens with one attached hydrogen (secondary N) is 1. The smallest absolute Gasteiger partial charge is 0.279 e. The first-order valence-electron chi connectivity index (χ1n) is 12.5. The summed E-state index contributed by atoms with van der Waals surface area (Å²) in [4.78, 5) is 12.1. The van der Waals surface area contributed by atoms with Crippen LogP contribution in [0.1, 0.15) is 23.2 Å². The Labute approximate surface area is 233 Å². The molecule has 4 rings (SSSR count). The van der Waals surface area contributed by atoms with Gasteiger partial charge in [0.05, 0.1) is 33.3 Å². The van der Waals surface area contributed by atoms with Crippen molar-refractivity contribution in [3.63, 3.8) is 0 Å². The van der Waals surface area contributed by atoms with Crippen LogP contribution in [0.4, 0.5) is 0 Å². The van der Waals surface area contributed by atoms with Crippen LogP contribution in [0.3, 0.4) is 0 Å². The van der Waals surface area contributed by atoms with Crippen molar-refractivity contribution < 1.29 is 42.1 Å². The molecule has 1 aliphatic rings. The fraction of sp³-hybridized carbons (Fsp3) is 0.321. The highest BCUT2D eigenvalue weighted by Gasteiger charge is 2.35. The van der Waals surface area contributed by atoms with E-state index in [9.17, 15) is 18.4 Å². The van der Waals surface area contributed by atoms with Gasteiger partial charge in [0.2, 0.25) is 10.0 Å². The fourth-order valence-electron chi connectivity index (χ4n) is 4.66. The summed E-state index contributed by atoms with van der Waals surface area (Å²) in [5.74, 6) is 1.00. The molecule has 0 aromatic heterocycles. The van der Waals surface area contributed by atoms with E-state index in [1.807, 2.05) is 42.5 Å². The molecule has 0 bridgehead atoms. The minimum absolute atomic E-state index is 0.0927. The number of hydrogen-bond acceptors (Lipinski definition) is 9. The van der Waals surface area contributed by atoms with Crippen molar-refractivity contribution in [2.75, 3.05) is 41.5 Å². The van der Waals surface area contributed by atoms with Crippen LogP contribution < -0.4 is 29.2 Å². The Morgan fingerprint density at radius 2 is 1.43 bits per heavy atom. The monoisotopic (exact) mass is 572 g/mol. The van der Waals surface area contributed by atoms with Gasteiger partial charge in [0.25, 0.3) is 5.91 Å². The molecule has 1 amide bonds. The lowest BCUT2D eigenvalue weighted by molar-refractivity contribution is 0.0698. The molecule has 214 valence electrons. The number of amides is 1. The van der Waals surface area contributed by atoms with Crippen molar-refractivity contribution in [1.29, 1.82) is 0 Å². The van der Waals surface area contributed by atoms with Gasteiger partial charge in [0.15, 0.2) is 23.0 Å². The molecule has 0 atom stereocenters. The van der Waals surface area contributed by atoms with Gasteiger partial charge in [-0.25, -0.2) is 13.9 Å². The standard InChI is InChI=1S/C28H32N2O9S/c1-35-22-10-7-19(17-24(22)37-3)18-5-8-20(9-6-18)39-21-13-15-30(16-14-21)40(33,34)25-12-11-23(36-2)27(38-4)26(25)28(31)29-32/h5-12,17,21,32H,13-16H2,1-4H3,(H,29,31). The normalized spacial score (nSPS) is 14.3. The van der Waals surface area contributed by atoms with E-state index in [4.69, 9.17) is 23.7 Å². The lowest BCUT2D eigenvalue weighted by atomic mass is 10.0. The van der Waals surface area contributed by atoms with Crippen molar-refractivity contribution in [3.8, 4) is 39.9 Å². The molecular weight excluding hydrogens is 540 g/mol. The Morgan fingerprint density at radius 3 is 2.00 bits per heavy atom. The molecule has 1 saturated heterocycles. The van der Waals surface area contributed by atoms with Gasteiger partial charge >= 0.3 is 0 Å². The number of benzene rings is 3. The summed E-state index contributed by atoms with van der Waals surface area (Å²) in [6, 6.07) is 16.0. The summed E-state index contributed by atoms with van der Waals surface area (Å²) in [6.45, 7) is 0.372. The number of methoxy groups -OCH3 is 4. The maximum absolute atomic E-state index is 13.5. The summed E-state index contributed by atoms with van der Waals surface area (Å²) in [5, 5.41) is 9.24. The largest absolute Gasteiger partial charge is 0.493 e. The summed E-state index contributed by atoms with van der Waals surface area (Å²) < 4.78 is 55.6. The van der Waals surface area contributed by atoms with E-state index in [0.29, 0.717) is 30.1 Å². The molecule has 11 nitrogen and oxygen atoms in total. The molecule has 1 heterocycles. The van der Waals surface area contributed by atoms with Gasteiger partial charge in [-0.05, 0) is 60.4 Å². The molecule has 3 aromatic rings. The molecular formula is C28H32N2O9S. The number of sulfonamides is 1. The SMILES string of the molecule is COc1ccc(-c2ccc(OC3CCN(S(=O)(=O)c4ccc(OC)c(OC)c4C(=O)NO)CC3)cc2)cc1OC. The maximum Gasteiger partial charge on any atom is 0.279 e. The molecule has 12 heteroatoms. The topological polar surface area (TPSA) is 133 Å². The van der Waals surface area contributed by atoms with E-state index in [-0.39, 0.29) is 41.2 Å². The van der Waals surface area contributed by atoms with Crippen molar-refractivity contribution in [3.05, 3.63) is 60.2 Å². The highest BCUT2D eigenvalue weighted by molar-refractivity contribution is 7.89.